The smallest absolute Gasteiger partial charge is 0.273 e. The molecule has 0 unspecified atom stereocenters. The molecule has 2 aromatic rings. The summed E-state index contributed by atoms with van der Waals surface area (Å²) >= 11 is 1.30. The minimum atomic E-state index is -0.426. The number of hydrogen-bond donors (Lipinski definition) is 2. The molecule has 2 amide bonds. The number of benzene rings is 1. The molecule has 3 N–H and O–H groups in total. The van der Waals surface area contributed by atoms with Crippen molar-refractivity contribution in [3.05, 3.63) is 41.2 Å². The van der Waals surface area contributed by atoms with Crippen LogP contribution in [0.5, 0.6) is 0 Å². The Labute approximate surface area is 142 Å². The summed E-state index contributed by atoms with van der Waals surface area (Å²) in [7, 11) is 0. The van der Waals surface area contributed by atoms with Crippen LogP contribution < -0.4 is 11.1 Å². The van der Waals surface area contributed by atoms with Crippen LogP contribution in [0, 0.1) is 5.82 Å². The predicted molar refractivity (Wildman–Crippen MR) is 89.7 cm³/mol. The standard InChI is InChI=1S/C16H17FN4O2S/c17-10-1-3-11(4-2-10)19-16-20-13(9-24-16)15(23)21(12-5-6-12)8-7-14(18)22/h1-4,9,12H,5-8H2,(H2,18,22)(H,19,20). The van der Waals surface area contributed by atoms with E-state index in [1.54, 1.807) is 22.4 Å². The molecule has 0 aliphatic heterocycles. The Morgan fingerprint density at radius 3 is 2.67 bits per heavy atom. The van der Waals surface area contributed by atoms with Crippen molar-refractivity contribution in [3.8, 4) is 0 Å². The topological polar surface area (TPSA) is 88.3 Å². The average molecular weight is 348 g/mol. The normalized spacial score (nSPS) is 13.5. The van der Waals surface area contributed by atoms with Gasteiger partial charge in [-0.25, -0.2) is 9.37 Å². The SMILES string of the molecule is NC(=O)CCN(C(=O)c1csc(Nc2ccc(F)cc2)n1)C1CC1. The lowest BCUT2D eigenvalue weighted by Crippen LogP contribution is -2.36. The van der Waals surface area contributed by atoms with Crippen LogP contribution in [-0.4, -0.2) is 34.3 Å². The molecule has 1 saturated carbocycles. The summed E-state index contributed by atoms with van der Waals surface area (Å²) in [5, 5.41) is 5.26. The van der Waals surface area contributed by atoms with E-state index in [1.165, 1.54) is 23.5 Å². The molecule has 24 heavy (non-hydrogen) atoms. The van der Waals surface area contributed by atoms with E-state index in [1.807, 2.05) is 0 Å². The lowest BCUT2D eigenvalue weighted by molar-refractivity contribution is -0.118. The van der Waals surface area contributed by atoms with Crippen molar-refractivity contribution in [2.24, 2.45) is 5.73 Å². The summed E-state index contributed by atoms with van der Waals surface area (Å²) in [6, 6.07) is 6.07. The fraction of sp³-hybridized carbons (Fsp3) is 0.312. The molecule has 0 bridgehead atoms. The van der Waals surface area contributed by atoms with Crippen molar-refractivity contribution in [2.75, 3.05) is 11.9 Å². The van der Waals surface area contributed by atoms with Gasteiger partial charge in [-0.05, 0) is 37.1 Å². The van der Waals surface area contributed by atoms with Gasteiger partial charge in [0.1, 0.15) is 11.5 Å². The maximum Gasteiger partial charge on any atom is 0.273 e. The minimum Gasteiger partial charge on any atom is -0.370 e. The van der Waals surface area contributed by atoms with Gasteiger partial charge in [-0.3, -0.25) is 9.59 Å². The van der Waals surface area contributed by atoms with E-state index in [9.17, 15) is 14.0 Å². The fourth-order valence-corrected chi connectivity index (χ4v) is 3.00. The third kappa shape index (κ3) is 4.08. The summed E-state index contributed by atoms with van der Waals surface area (Å²) in [6.45, 7) is 0.317. The fourth-order valence-electron chi connectivity index (χ4n) is 2.30. The summed E-state index contributed by atoms with van der Waals surface area (Å²) in [6.07, 6.45) is 2.03. The summed E-state index contributed by atoms with van der Waals surface area (Å²) < 4.78 is 12.9. The predicted octanol–water partition coefficient (Wildman–Crippen LogP) is 2.51. The number of nitrogens with two attached hydrogens (primary N) is 1. The average Bonchev–Trinajstić information content (AvgIpc) is 3.28. The highest BCUT2D eigenvalue weighted by atomic mass is 32.1. The zero-order valence-electron chi connectivity index (χ0n) is 12.9. The molecule has 1 aliphatic rings. The van der Waals surface area contributed by atoms with Crippen molar-refractivity contribution in [3.63, 3.8) is 0 Å². The van der Waals surface area contributed by atoms with Gasteiger partial charge in [0.2, 0.25) is 5.91 Å². The third-order valence-corrected chi connectivity index (χ3v) is 4.42. The van der Waals surface area contributed by atoms with E-state index in [4.69, 9.17) is 5.73 Å². The molecule has 0 atom stereocenters. The van der Waals surface area contributed by atoms with Crippen LogP contribution in [0.15, 0.2) is 29.6 Å². The quantitative estimate of drug-likeness (QED) is 0.805. The first kappa shape index (κ1) is 16.4. The second-order valence-electron chi connectivity index (χ2n) is 5.62. The van der Waals surface area contributed by atoms with Gasteiger partial charge in [-0.15, -0.1) is 11.3 Å². The van der Waals surface area contributed by atoms with Gasteiger partial charge in [0.15, 0.2) is 5.13 Å². The number of primary amides is 1. The maximum atomic E-state index is 12.9. The number of thiazole rings is 1. The van der Waals surface area contributed by atoms with Crippen molar-refractivity contribution in [2.45, 2.75) is 25.3 Å². The van der Waals surface area contributed by atoms with Crippen LogP contribution in [-0.2, 0) is 4.79 Å². The van der Waals surface area contributed by atoms with E-state index in [0.717, 1.165) is 12.8 Å². The number of carbonyl (C=O) groups excluding carboxylic acids is 2. The number of carbonyl (C=O) groups is 2. The van der Waals surface area contributed by atoms with E-state index in [-0.39, 0.29) is 24.2 Å². The Kier molecular flexibility index (Phi) is 4.75. The van der Waals surface area contributed by atoms with Gasteiger partial charge in [-0.1, -0.05) is 0 Å². The van der Waals surface area contributed by atoms with Gasteiger partial charge in [0.05, 0.1) is 0 Å². The number of halogens is 1. The molecule has 1 aromatic carbocycles. The number of hydrogen-bond acceptors (Lipinski definition) is 5. The first-order valence-corrected chi connectivity index (χ1v) is 8.48. The van der Waals surface area contributed by atoms with Gasteiger partial charge >= 0.3 is 0 Å². The Hall–Kier alpha value is -2.48. The van der Waals surface area contributed by atoms with Crippen LogP contribution >= 0.6 is 11.3 Å². The van der Waals surface area contributed by atoms with Crippen molar-refractivity contribution >= 4 is 34.0 Å². The van der Waals surface area contributed by atoms with E-state index in [0.29, 0.717) is 23.1 Å². The minimum absolute atomic E-state index is 0.146. The third-order valence-electron chi connectivity index (χ3n) is 3.67. The van der Waals surface area contributed by atoms with Crippen LogP contribution in [0.4, 0.5) is 15.2 Å². The zero-order valence-corrected chi connectivity index (χ0v) is 13.7. The molecule has 1 fully saturated rings. The number of aromatic nitrogens is 1. The maximum absolute atomic E-state index is 12.9. The monoisotopic (exact) mass is 348 g/mol. The van der Waals surface area contributed by atoms with Crippen LogP contribution in [0.1, 0.15) is 29.8 Å². The zero-order chi connectivity index (χ0) is 17.1. The molecule has 126 valence electrons. The number of nitrogens with one attached hydrogen (secondary N) is 1. The first-order valence-electron chi connectivity index (χ1n) is 7.60. The molecule has 0 saturated heterocycles. The molecule has 3 rings (SSSR count). The highest BCUT2D eigenvalue weighted by molar-refractivity contribution is 7.14. The molecular formula is C16H17FN4O2S. The Balaban J connectivity index is 1.67. The summed E-state index contributed by atoms with van der Waals surface area (Å²) in [4.78, 5) is 29.5. The van der Waals surface area contributed by atoms with Crippen LogP contribution in [0.3, 0.4) is 0 Å². The lowest BCUT2D eigenvalue weighted by Gasteiger charge is -2.20. The molecular weight excluding hydrogens is 331 g/mol. The molecule has 6 nitrogen and oxygen atoms in total. The van der Waals surface area contributed by atoms with Gasteiger partial charge < -0.3 is 16.0 Å². The number of amides is 2. The molecule has 1 heterocycles. The van der Waals surface area contributed by atoms with Crippen LogP contribution in [0.2, 0.25) is 0 Å². The Morgan fingerprint density at radius 1 is 1.33 bits per heavy atom. The highest BCUT2D eigenvalue weighted by Crippen LogP contribution is 2.29. The summed E-state index contributed by atoms with van der Waals surface area (Å²) in [5.74, 6) is -0.933. The molecule has 0 spiro atoms. The lowest BCUT2D eigenvalue weighted by atomic mass is 10.3. The Bertz CT molecular complexity index is 743. The molecule has 0 radical (unpaired) electrons. The van der Waals surface area contributed by atoms with Crippen molar-refractivity contribution in [1.29, 1.82) is 0 Å². The van der Waals surface area contributed by atoms with Crippen molar-refractivity contribution in [1.82, 2.24) is 9.88 Å². The summed E-state index contributed by atoms with van der Waals surface area (Å²) in [5.41, 5.74) is 6.20. The molecule has 1 aliphatic carbocycles. The van der Waals surface area contributed by atoms with E-state index < -0.39 is 5.91 Å². The largest absolute Gasteiger partial charge is 0.370 e. The van der Waals surface area contributed by atoms with E-state index >= 15 is 0 Å². The van der Waals surface area contributed by atoms with Crippen molar-refractivity contribution < 1.29 is 14.0 Å². The second-order valence-corrected chi connectivity index (χ2v) is 6.47. The van der Waals surface area contributed by atoms with Gasteiger partial charge in [-0.2, -0.15) is 0 Å². The Morgan fingerprint density at radius 2 is 2.04 bits per heavy atom. The second kappa shape index (κ2) is 6.96. The van der Waals surface area contributed by atoms with E-state index in [2.05, 4.69) is 10.3 Å². The molecule has 8 heteroatoms. The number of anilines is 2. The number of nitrogens with zero attached hydrogens (tertiary/aromatic N) is 2. The van der Waals surface area contributed by atoms with Gasteiger partial charge in [0, 0.05) is 30.1 Å². The highest BCUT2D eigenvalue weighted by Gasteiger charge is 2.33. The van der Waals surface area contributed by atoms with Crippen LogP contribution in [0.25, 0.3) is 0 Å². The first-order chi connectivity index (χ1) is 11.5. The number of rotatable bonds is 7. The van der Waals surface area contributed by atoms with Gasteiger partial charge in [0.25, 0.3) is 5.91 Å². The molecule has 1 aromatic heterocycles.